The lowest BCUT2D eigenvalue weighted by atomic mass is 10.2. The molecule has 0 saturated carbocycles. The summed E-state index contributed by atoms with van der Waals surface area (Å²) in [6.45, 7) is -1.23. The van der Waals surface area contributed by atoms with Crippen LogP contribution in [0, 0.1) is 0 Å². The first-order valence-corrected chi connectivity index (χ1v) is 5.26. The number of aliphatic hydroxyl groups is 1. The average molecular weight is 260 g/mol. The molecule has 0 bridgehead atoms. The van der Waals surface area contributed by atoms with Crippen LogP contribution in [-0.4, -0.2) is 54.1 Å². The highest BCUT2D eigenvalue weighted by Gasteiger charge is 2.19. The molecule has 0 spiro atoms. The Bertz CT molecular complexity index is 384. The fourth-order valence-corrected chi connectivity index (χ4v) is 1.37. The van der Waals surface area contributed by atoms with Crippen molar-refractivity contribution in [2.24, 2.45) is 0 Å². The highest BCUT2D eigenvalue weighted by atomic mass is 19.3. The monoisotopic (exact) mass is 260 g/mol. The van der Waals surface area contributed by atoms with E-state index in [2.05, 4.69) is 4.98 Å². The van der Waals surface area contributed by atoms with E-state index in [0.717, 1.165) is 4.90 Å². The molecule has 1 aromatic heterocycles. The number of ether oxygens (including phenoxy) is 1. The molecule has 1 rings (SSSR count). The summed E-state index contributed by atoms with van der Waals surface area (Å²) in [6.07, 6.45) is -1.40. The molecule has 1 heterocycles. The van der Waals surface area contributed by atoms with Crippen LogP contribution in [-0.2, 0) is 0 Å². The van der Waals surface area contributed by atoms with E-state index < -0.39 is 18.9 Å². The van der Waals surface area contributed by atoms with Crippen molar-refractivity contribution in [3.8, 4) is 5.88 Å². The van der Waals surface area contributed by atoms with Gasteiger partial charge in [-0.15, -0.1) is 0 Å². The largest absolute Gasteiger partial charge is 0.481 e. The van der Waals surface area contributed by atoms with Gasteiger partial charge in [0.05, 0.1) is 25.8 Å². The molecule has 5 nitrogen and oxygen atoms in total. The van der Waals surface area contributed by atoms with E-state index in [-0.39, 0.29) is 18.7 Å². The Hall–Kier alpha value is -1.76. The molecule has 0 aliphatic carbocycles. The number of methoxy groups -OCH3 is 1. The fraction of sp³-hybridized carbons (Fsp3) is 0.455. The van der Waals surface area contributed by atoms with E-state index in [9.17, 15) is 13.6 Å². The van der Waals surface area contributed by atoms with Crippen LogP contribution in [0.15, 0.2) is 18.3 Å². The van der Waals surface area contributed by atoms with Crippen molar-refractivity contribution in [1.29, 1.82) is 0 Å². The number of hydrogen-bond acceptors (Lipinski definition) is 4. The summed E-state index contributed by atoms with van der Waals surface area (Å²) in [6, 6.07) is 2.90. The van der Waals surface area contributed by atoms with Gasteiger partial charge in [-0.05, 0) is 6.07 Å². The number of aliphatic hydroxyl groups excluding tert-OH is 1. The molecule has 0 aromatic carbocycles. The lowest BCUT2D eigenvalue weighted by molar-refractivity contribution is 0.0509. The van der Waals surface area contributed by atoms with E-state index >= 15 is 0 Å². The number of hydrogen-bond donors (Lipinski definition) is 1. The van der Waals surface area contributed by atoms with Gasteiger partial charge in [-0.1, -0.05) is 0 Å². The fourth-order valence-electron chi connectivity index (χ4n) is 1.37. The van der Waals surface area contributed by atoms with E-state index in [4.69, 9.17) is 9.84 Å². The number of amides is 1. The van der Waals surface area contributed by atoms with Crippen LogP contribution >= 0.6 is 0 Å². The molecule has 0 aliphatic rings. The first kappa shape index (κ1) is 14.3. The quantitative estimate of drug-likeness (QED) is 0.821. The summed E-state index contributed by atoms with van der Waals surface area (Å²) in [7, 11) is 1.43. The standard InChI is InChI=1S/C11H14F2N2O3/c1-18-10-3-2-8(6-14-10)11(17)15(4-5-16)7-9(12)13/h2-3,6,9,16H,4-5,7H2,1H3. The molecule has 0 atom stereocenters. The van der Waals surface area contributed by atoms with E-state index in [0.29, 0.717) is 5.88 Å². The molecule has 0 unspecified atom stereocenters. The van der Waals surface area contributed by atoms with E-state index in [1.807, 2.05) is 0 Å². The van der Waals surface area contributed by atoms with Crippen molar-refractivity contribution in [2.45, 2.75) is 6.43 Å². The van der Waals surface area contributed by atoms with Gasteiger partial charge in [0.25, 0.3) is 12.3 Å². The zero-order chi connectivity index (χ0) is 13.5. The Morgan fingerprint density at radius 2 is 2.28 bits per heavy atom. The Balaban J connectivity index is 2.80. The molecule has 0 radical (unpaired) electrons. The predicted molar refractivity (Wildman–Crippen MR) is 59.8 cm³/mol. The Morgan fingerprint density at radius 3 is 2.72 bits per heavy atom. The van der Waals surface area contributed by atoms with Crippen LogP contribution < -0.4 is 4.74 Å². The van der Waals surface area contributed by atoms with Crippen LogP contribution in [0.1, 0.15) is 10.4 Å². The maximum Gasteiger partial charge on any atom is 0.255 e. The summed E-state index contributed by atoms with van der Waals surface area (Å²) in [5.74, 6) is -0.270. The molecule has 0 aliphatic heterocycles. The number of alkyl halides is 2. The summed E-state index contributed by atoms with van der Waals surface area (Å²) in [5, 5.41) is 8.75. The molecule has 1 aromatic rings. The highest BCUT2D eigenvalue weighted by molar-refractivity contribution is 5.94. The lowest BCUT2D eigenvalue weighted by Crippen LogP contribution is -2.37. The van der Waals surface area contributed by atoms with Gasteiger partial charge in [-0.3, -0.25) is 4.79 Å². The van der Waals surface area contributed by atoms with Crippen LogP contribution in [0.5, 0.6) is 5.88 Å². The van der Waals surface area contributed by atoms with Crippen LogP contribution in [0.3, 0.4) is 0 Å². The molecular weight excluding hydrogens is 246 g/mol. The highest BCUT2D eigenvalue weighted by Crippen LogP contribution is 2.10. The number of aromatic nitrogens is 1. The van der Waals surface area contributed by atoms with Crippen LogP contribution in [0.2, 0.25) is 0 Å². The van der Waals surface area contributed by atoms with Crippen LogP contribution in [0.4, 0.5) is 8.78 Å². The van der Waals surface area contributed by atoms with Gasteiger partial charge in [-0.25, -0.2) is 13.8 Å². The number of pyridine rings is 1. The van der Waals surface area contributed by atoms with Crippen molar-refractivity contribution >= 4 is 5.91 Å². The third-order valence-electron chi connectivity index (χ3n) is 2.21. The average Bonchev–Trinajstić information content (AvgIpc) is 2.37. The van der Waals surface area contributed by atoms with Crippen molar-refractivity contribution in [2.75, 3.05) is 26.8 Å². The van der Waals surface area contributed by atoms with Crippen LogP contribution in [0.25, 0.3) is 0 Å². The topological polar surface area (TPSA) is 62.7 Å². The maximum atomic E-state index is 12.3. The number of nitrogens with zero attached hydrogens (tertiary/aromatic N) is 2. The lowest BCUT2D eigenvalue weighted by Gasteiger charge is -2.21. The zero-order valence-corrected chi connectivity index (χ0v) is 9.84. The minimum atomic E-state index is -2.65. The molecule has 1 N–H and O–H groups in total. The van der Waals surface area contributed by atoms with E-state index in [1.165, 1.54) is 25.4 Å². The van der Waals surface area contributed by atoms with Gasteiger partial charge in [0, 0.05) is 18.8 Å². The Morgan fingerprint density at radius 1 is 1.56 bits per heavy atom. The number of carbonyl (C=O) groups is 1. The first-order valence-electron chi connectivity index (χ1n) is 5.26. The molecule has 0 saturated heterocycles. The Kier molecular flexibility index (Phi) is 5.44. The molecule has 100 valence electrons. The Labute approximate surface area is 103 Å². The van der Waals surface area contributed by atoms with Gasteiger partial charge in [-0.2, -0.15) is 0 Å². The SMILES string of the molecule is COc1ccc(C(=O)N(CCO)CC(F)F)cn1. The zero-order valence-electron chi connectivity index (χ0n) is 9.84. The minimum absolute atomic E-state index is 0.144. The number of rotatable bonds is 6. The molecule has 0 fully saturated rings. The van der Waals surface area contributed by atoms with Crippen molar-refractivity contribution < 1.29 is 23.4 Å². The first-order chi connectivity index (χ1) is 8.58. The van der Waals surface area contributed by atoms with Crippen molar-refractivity contribution in [3.05, 3.63) is 23.9 Å². The molecule has 18 heavy (non-hydrogen) atoms. The smallest absolute Gasteiger partial charge is 0.255 e. The second-order valence-electron chi connectivity index (χ2n) is 3.46. The normalized spacial score (nSPS) is 10.5. The number of carbonyl (C=O) groups excluding carboxylic acids is 1. The van der Waals surface area contributed by atoms with Gasteiger partial charge in [0.2, 0.25) is 5.88 Å². The summed E-state index contributed by atoms with van der Waals surface area (Å²) in [5.41, 5.74) is 0.171. The molecular formula is C11H14F2N2O3. The molecule has 1 amide bonds. The third kappa shape index (κ3) is 3.92. The second kappa shape index (κ2) is 6.85. The number of halogens is 2. The van der Waals surface area contributed by atoms with Gasteiger partial charge in [0.1, 0.15) is 0 Å². The second-order valence-corrected chi connectivity index (χ2v) is 3.46. The van der Waals surface area contributed by atoms with Gasteiger partial charge < -0.3 is 14.7 Å². The third-order valence-corrected chi connectivity index (χ3v) is 2.21. The van der Waals surface area contributed by atoms with Gasteiger partial charge in [0.15, 0.2) is 0 Å². The molecule has 7 heteroatoms. The van der Waals surface area contributed by atoms with E-state index in [1.54, 1.807) is 0 Å². The van der Waals surface area contributed by atoms with Gasteiger partial charge >= 0.3 is 0 Å². The van der Waals surface area contributed by atoms with Crippen molar-refractivity contribution in [3.63, 3.8) is 0 Å². The summed E-state index contributed by atoms with van der Waals surface area (Å²) in [4.78, 5) is 16.6. The summed E-state index contributed by atoms with van der Waals surface area (Å²) < 4.78 is 29.4. The minimum Gasteiger partial charge on any atom is -0.481 e. The van der Waals surface area contributed by atoms with Crippen molar-refractivity contribution in [1.82, 2.24) is 9.88 Å². The maximum absolute atomic E-state index is 12.3. The summed E-state index contributed by atoms with van der Waals surface area (Å²) >= 11 is 0. The predicted octanol–water partition coefficient (Wildman–Crippen LogP) is 0.790.